The number of halogens is 3. The van der Waals surface area contributed by atoms with Crippen molar-refractivity contribution in [2.24, 2.45) is 4.99 Å². The van der Waals surface area contributed by atoms with Gasteiger partial charge in [-0.3, -0.25) is 14.6 Å². The van der Waals surface area contributed by atoms with Gasteiger partial charge in [0.05, 0.1) is 12.1 Å². The molecule has 5 nitrogen and oxygen atoms in total. The van der Waals surface area contributed by atoms with Gasteiger partial charge in [0.2, 0.25) is 0 Å². The van der Waals surface area contributed by atoms with Gasteiger partial charge in [0.15, 0.2) is 5.78 Å². The second-order valence-electron chi connectivity index (χ2n) is 7.68. The molecule has 168 valence electrons. The maximum Gasteiger partial charge on any atom is 0.256 e. The highest BCUT2D eigenvalue weighted by Gasteiger charge is 2.21. The Hall–Kier alpha value is -3.22. The number of aliphatic imine (C=N–C) groups is 1. The van der Waals surface area contributed by atoms with E-state index < -0.39 is 17.5 Å². The second kappa shape index (κ2) is 9.73. The molecule has 4 rings (SSSR count). The van der Waals surface area contributed by atoms with Gasteiger partial charge < -0.3 is 10.2 Å². The zero-order valence-corrected chi connectivity index (χ0v) is 19.3. The molecule has 0 aromatic heterocycles. The Morgan fingerprint density at radius 3 is 2.39 bits per heavy atom. The van der Waals surface area contributed by atoms with Gasteiger partial charge in [-0.15, -0.1) is 0 Å². The number of rotatable bonds is 6. The van der Waals surface area contributed by atoms with Crippen LogP contribution in [0.4, 0.5) is 10.1 Å². The van der Waals surface area contributed by atoms with Crippen molar-refractivity contribution in [1.82, 2.24) is 4.90 Å². The van der Waals surface area contributed by atoms with Crippen molar-refractivity contribution >= 4 is 46.4 Å². The quantitative estimate of drug-likeness (QED) is 0.470. The van der Waals surface area contributed by atoms with E-state index >= 15 is 0 Å². The van der Waals surface area contributed by atoms with E-state index in [0.29, 0.717) is 39.2 Å². The first-order valence-electron chi connectivity index (χ1n) is 10.3. The van der Waals surface area contributed by atoms with Gasteiger partial charge in [-0.1, -0.05) is 35.3 Å². The summed E-state index contributed by atoms with van der Waals surface area (Å²) >= 11 is 12.0. The molecule has 0 atom stereocenters. The Balaban J connectivity index is 1.56. The minimum Gasteiger partial charge on any atom is -0.358 e. The molecule has 3 aromatic rings. The molecular weight excluding hydrogens is 464 g/mol. The summed E-state index contributed by atoms with van der Waals surface area (Å²) in [5.41, 5.74) is 1.81. The third kappa shape index (κ3) is 5.24. The Kier molecular flexibility index (Phi) is 6.77. The number of benzene rings is 3. The Morgan fingerprint density at radius 2 is 1.73 bits per heavy atom. The van der Waals surface area contributed by atoms with E-state index in [1.165, 1.54) is 18.2 Å². The lowest BCUT2D eigenvalue weighted by Crippen LogP contribution is -2.23. The molecule has 0 bridgehead atoms. The normalized spacial score (nSPS) is 13.1. The number of nitrogens with zero attached hydrogens (tertiary/aromatic N) is 2. The Labute approximate surface area is 200 Å². The maximum atomic E-state index is 14.8. The van der Waals surface area contributed by atoms with Crippen LogP contribution in [-0.2, 0) is 6.42 Å². The van der Waals surface area contributed by atoms with Gasteiger partial charge in [-0.25, -0.2) is 4.39 Å². The van der Waals surface area contributed by atoms with E-state index in [2.05, 4.69) is 10.3 Å². The molecule has 0 radical (unpaired) electrons. The summed E-state index contributed by atoms with van der Waals surface area (Å²) in [7, 11) is 1.89. The average Bonchev–Trinajstić information content (AvgIpc) is 3.22. The molecule has 8 heteroatoms. The molecule has 1 aliphatic heterocycles. The fourth-order valence-electron chi connectivity index (χ4n) is 3.64. The van der Waals surface area contributed by atoms with Crippen LogP contribution in [0, 0.1) is 5.82 Å². The largest absolute Gasteiger partial charge is 0.358 e. The Bertz CT molecular complexity index is 1260. The number of amidine groups is 1. The summed E-state index contributed by atoms with van der Waals surface area (Å²) in [6, 6.07) is 15.8. The molecule has 3 aromatic carbocycles. The van der Waals surface area contributed by atoms with Gasteiger partial charge in [-0.2, -0.15) is 0 Å². The van der Waals surface area contributed by atoms with Crippen molar-refractivity contribution in [2.45, 2.75) is 6.42 Å². The average molecular weight is 484 g/mol. The number of carbonyl (C=O) groups excluding carboxylic acids is 2. The van der Waals surface area contributed by atoms with E-state index in [1.54, 1.807) is 42.5 Å². The first-order chi connectivity index (χ1) is 15.8. The number of carbonyl (C=O) groups is 2. The molecule has 0 saturated heterocycles. The molecule has 0 saturated carbocycles. The third-order valence-electron chi connectivity index (χ3n) is 5.36. The van der Waals surface area contributed by atoms with Crippen molar-refractivity contribution in [3.63, 3.8) is 0 Å². The zero-order chi connectivity index (χ0) is 23.5. The predicted octanol–water partition coefficient (Wildman–Crippen LogP) is 5.50. The smallest absolute Gasteiger partial charge is 0.256 e. The summed E-state index contributed by atoms with van der Waals surface area (Å²) in [5, 5.41) is 3.66. The van der Waals surface area contributed by atoms with Crippen LogP contribution in [0.5, 0.6) is 0 Å². The van der Waals surface area contributed by atoms with Crippen LogP contribution >= 0.6 is 23.2 Å². The van der Waals surface area contributed by atoms with Crippen molar-refractivity contribution < 1.29 is 14.0 Å². The summed E-state index contributed by atoms with van der Waals surface area (Å²) in [5.74, 6) is -0.794. The summed E-state index contributed by atoms with van der Waals surface area (Å²) in [4.78, 5) is 32.1. The molecule has 1 N–H and O–H groups in total. The van der Waals surface area contributed by atoms with Crippen molar-refractivity contribution in [2.75, 3.05) is 25.5 Å². The lowest BCUT2D eigenvalue weighted by molar-refractivity contribution is 0.0988. The highest BCUT2D eigenvalue weighted by molar-refractivity contribution is 6.31. The fourth-order valence-corrected chi connectivity index (χ4v) is 3.94. The van der Waals surface area contributed by atoms with Gasteiger partial charge in [0.1, 0.15) is 11.7 Å². The number of hydrogen-bond acceptors (Lipinski definition) is 4. The van der Waals surface area contributed by atoms with Crippen LogP contribution < -0.4 is 5.32 Å². The van der Waals surface area contributed by atoms with Crippen molar-refractivity contribution in [3.8, 4) is 0 Å². The fraction of sp³-hybridized carbons (Fsp3) is 0.160. The number of likely N-dealkylation sites (N-methyl/N-ethyl adjacent to an activating group) is 1. The van der Waals surface area contributed by atoms with Gasteiger partial charge in [0, 0.05) is 46.9 Å². The minimum atomic E-state index is -0.623. The summed E-state index contributed by atoms with van der Waals surface area (Å²) in [6.45, 7) is 1.43. The molecule has 1 aliphatic rings. The van der Waals surface area contributed by atoms with Crippen molar-refractivity contribution in [1.29, 1.82) is 0 Å². The van der Waals surface area contributed by atoms with Crippen LogP contribution in [0.15, 0.2) is 65.7 Å². The van der Waals surface area contributed by atoms with E-state index in [4.69, 9.17) is 23.2 Å². The van der Waals surface area contributed by atoms with Crippen LogP contribution in [-0.4, -0.2) is 42.6 Å². The van der Waals surface area contributed by atoms with Crippen LogP contribution in [0.3, 0.4) is 0 Å². The lowest BCUT2D eigenvalue weighted by Gasteiger charge is -2.14. The van der Waals surface area contributed by atoms with Gasteiger partial charge in [0.25, 0.3) is 5.91 Å². The monoisotopic (exact) mass is 483 g/mol. The molecule has 0 unspecified atom stereocenters. The third-order valence-corrected chi connectivity index (χ3v) is 5.84. The highest BCUT2D eigenvalue weighted by Crippen LogP contribution is 2.22. The van der Waals surface area contributed by atoms with Gasteiger partial charge >= 0.3 is 0 Å². The minimum absolute atomic E-state index is 0.0426. The summed E-state index contributed by atoms with van der Waals surface area (Å²) in [6.07, 6.45) is -0.155. The zero-order valence-electron chi connectivity index (χ0n) is 17.7. The first kappa shape index (κ1) is 23.0. The Morgan fingerprint density at radius 1 is 1.00 bits per heavy atom. The van der Waals surface area contributed by atoms with Crippen molar-refractivity contribution in [3.05, 3.63) is 98.8 Å². The number of Topliss-reactive ketones (excluding diaryl/α,β-unsaturated/α-hetero) is 1. The predicted molar refractivity (Wildman–Crippen MR) is 129 cm³/mol. The van der Waals surface area contributed by atoms with Crippen LogP contribution in [0.2, 0.25) is 10.0 Å². The molecule has 1 amide bonds. The van der Waals surface area contributed by atoms with E-state index in [-0.39, 0.29) is 17.5 Å². The molecule has 0 spiro atoms. The lowest BCUT2D eigenvalue weighted by atomic mass is 9.97. The van der Waals surface area contributed by atoms with E-state index in [9.17, 15) is 14.0 Å². The van der Waals surface area contributed by atoms with Gasteiger partial charge in [-0.05, 0) is 54.1 Å². The SMILES string of the molecule is CN1CCN=C1c1ccc(C(=O)Cc2ccc(Cl)cc2C(=O)Nc2ccc(Cl)cc2)c(F)c1. The van der Waals surface area contributed by atoms with E-state index in [0.717, 1.165) is 6.54 Å². The number of anilines is 1. The number of nitrogens with one attached hydrogen (secondary N) is 1. The second-order valence-corrected chi connectivity index (χ2v) is 8.56. The standard InChI is InChI=1S/C25H20Cl2FN3O2/c1-31-11-10-29-24(31)16-3-9-20(22(28)12-16)23(32)13-15-2-4-18(27)14-21(15)25(33)30-19-7-5-17(26)6-8-19/h2-9,12,14H,10-11,13H2,1H3,(H,30,33). The van der Waals surface area contributed by atoms with Crippen LogP contribution in [0.25, 0.3) is 0 Å². The number of amides is 1. The number of ketones is 1. The molecule has 0 aliphatic carbocycles. The highest BCUT2D eigenvalue weighted by atomic mass is 35.5. The molecule has 0 fully saturated rings. The molecule has 1 heterocycles. The topological polar surface area (TPSA) is 61.8 Å². The maximum absolute atomic E-state index is 14.8. The summed E-state index contributed by atoms with van der Waals surface area (Å²) < 4.78 is 14.8. The molecular formula is C25H20Cl2FN3O2. The van der Waals surface area contributed by atoms with E-state index in [1.807, 2.05) is 11.9 Å². The number of hydrogen-bond donors (Lipinski definition) is 1. The molecule has 33 heavy (non-hydrogen) atoms. The van der Waals surface area contributed by atoms with Crippen LogP contribution in [0.1, 0.15) is 31.8 Å². The first-order valence-corrected chi connectivity index (χ1v) is 11.0.